The molecule has 0 fully saturated rings. The van der Waals surface area contributed by atoms with Crippen molar-refractivity contribution in [2.45, 2.75) is 12.3 Å². The van der Waals surface area contributed by atoms with E-state index in [1.807, 2.05) is 42.5 Å². The highest BCUT2D eigenvalue weighted by Crippen LogP contribution is 2.35. The molecule has 0 radical (unpaired) electrons. The maximum Gasteiger partial charge on any atom is 0.257 e. The van der Waals surface area contributed by atoms with Crippen LogP contribution >= 0.6 is 11.6 Å². The van der Waals surface area contributed by atoms with Gasteiger partial charge in [-0.05, 0) is 17.7 Å². The third-order valence-electron chi connectivity index (χ3n) is 4.25. The van der Waals surface area contributed by atoms with Crippen LogP contribution in [0.25, 0.3) is 11.4 Å². The summed E-state index contributed by atoms with van der Waals surface area (Å²) in [6, 6.07) is 16.5. The zero-order valence-electron chi connectivity index (χ0n) is 13.1. The first-order valence-corrected chi connectivity index (χ1v) is 8.24. The van der Waals surface area contributed by atoms with E-state index < -0.39 is 0 Å². The second-order valence-electron chi connectivity index (χ2n) is 5.90. The van der Waals surface area contributed by atoms with Crippen LogP contribution in [-0.4, -0.2) is 15.9 Å². The monoisotopic (exact) mass is 351 g/mol. The van der Waals surface area contributed by atoms with Gasteiger partial charge in [-0.3, -0.25) is 9.59 Å². The van der Waals surface area contributed by atoms with Crippen molar-refractivity contribution >= 4 is 23.3 Å². The number of nitrogens with one attached hydrogen (secondary N) is 2. The fourth-order valence-electron chi connectivity index (χ4n) is 3.11. The summed E-state index contributed by atoms with van der Waals surface area (Å²) in [6.45, 7) is 0. The Labute approximate surface area is 148 Å². The summed E-state index contributed by atoms with van der Waals surface area (Å²) in [6.07, 6.45) is 0.183. The number of rotatable bonds is 2. The molecule has 0 unspecified atom stereocenters. The van der Waals surface area contributed by atoms with Crippen molar-refractivity contribution in [2.75, 3.05) is 5.32 Å². The molecule has 2 aromatic carbocycles. The standard InChI is InChI=1S/C19H14ClN3O2/c20-13-8-4-7-12(9-13)14-10-15(24)21-18-16(14)19(25)23-17(22-18)11-5-2-1-3-6-11/h1-9,14H,10H2,(H2,21,22,23,24,25)/t14-/m0/s1. The molecule has 1 atom stereocenters. The van der Waals surface area contributed by atoms with Gasteiger partial charge in [0.15, 0.2) is 0 Å². The molecule has 0 aliphatic carbocycles. The fraction of sp³-hybridized carbons (Fsp3) is 0.105. The van der Waals surface area contributed by atoms with Crippen LogP contribution in [0.3, 0.4) is 0 Å². The largest absolute Gasteiger partial charge is 0.310 e. The highest BCUT2D eigenvalue weighted by Gasteiger charge is 2.31. The number of amides is 1. The normalized spacial score (nSPS) is 16.2. The molecule has 2 N–H and O–H groups in total. The van der Waals surface area contributed by atoms with E-state index in [0.29, 0.717) is 22.2 Å². The first-order chi connectivity index (χ1) is 12.1. The lowest BCUT2D eigenvalue weighted by Crippen LogP contribution is -2.31. The average molecular weight is 352 g/mol. The molecular formula is C19H14ClN3O2. The highest BCUT2D eigenvalue weighted by atomic mass is 35.5. The molecule has 1 amide bonds. The summed E-state index contributed by atoms with van der Waals surface area (Å²) < 4.78 is 0. The van der Waals surface area contributed by atoms with Crippen LogP contribution in [0.15, 0.2) is 59.4 Å². The number of carbonyl (C=O) groups excluding carboxylic acids is 1. The molecule has 0 bridgehead atoms. The zero-order chi connectivity index (χ0) is 17.4. The molecule has 0 saturated heterocycles. The lowest BCUT2D eigenvalue weighted by molar-refractivity contribution is -0.116. The average Bonchev–Trinajstić information content (AvgIpc) is 2.61. The zero-order valence-corrected chi connectivity index (χ0v) is 13.9. The Kier molecular flexibility index (Phi) is 3.86. The first kappa shape index (κ1) is 15.6. The van der Waals surface area contributed by atoms with Crippen LogP contribution in [0.5, 0.6) is 0 Å². The predicted octanol–water partition coefficient (Wildman–Crippen LogP) is 3.56. The van der Waals surface area contributed by atoms with Crippen LogP contribution in [-0.2, 0) is 4.79 Å². The minimum Gasteiger partial charge on any atom is -0.310 e. The van der Waals surface area contributed by atoms with Gasteiger partial charge in [0, 0.05) is 22.9 Å². The SMILES string of the molecule is O=C1C[C@@H](c2cccc(Cl)c2)c2c(nc(-c3ccccc3)[nH]c2=O)N1. The Hall–Kier alpha value is -2.92. The predicted molar refractivity (Wildman–Crippen MR) is 96.8 cm³/mol. The molecule has 1 aliphatic rings. The first-order valence-electron chi connectivity index (χ1n) is 7.87. The third-order valence-corrected chi connectivity index (χ3v) is 4.48. The summed E-state index contributed by atoms with van der Waals surface area (Å²) in [5.41, 5.74) is 1.81. The van der Waals surface area contributed by atoms with Crippen molar-refractivity contribution in [1.29, 1.82) is 0 Å². The minimum absolute atomic E-state index is 0.172. The Morgan fingerprint density at radius 2 is 1.84 bits per heavy atom. The molecule has 124 valence electrons. The second kappa shape index (κ2) is 6.18. The summed E-state index contributed by atoms with van der Waals surface area (Å²) in [4.78, 5) is 32.2. The van der Waals surface area contributed by atoms with E-state index in [9.17, 15) is 9.59 Å². The van der Waals surface area contributed by atoms with E-state index in [2.05, 4.69) is 15.3 Å². The lowest BCUT2D eigenvalue weighted by Gasteiger charge is -2.24. The molecule has 5 nitrogen and oxygen atoms in total. The Balaban J connectivity index is 1.87. The van der Waals surface area contributed by atoms with Crippen LogP contribution in [0.4, 0.5) is 5.82 Å². The van der Waals surface area contributed by atoms with Crippen molar-refractivity contribution in [3.8, 4) is 11.4 Å². The van der Waals surface area contributed by atoms with Gasteiger partial charge in [0.05, 0.1) is 5.56 Å². The quantitative estimate of drug-likeness (QED) is 0.741. The van der Waals surface area contributed by atoms with Gasteiger partial charge in [-0.25, -0.2) is 4.98 Å². The van der Waals surface area contributed by atoms with Crippen molar-refractivity contribution in [3.05, 3.63) is 81.1 Å². The van der Waals surface area contributed by atoms with Gasteiger partial charge >= 0.3 is 0 Å². The number of H-pyrrole nitrogens is 1. The summed E-state index contributed by atoms with van der Waals surface area (Å²) >= 11 is 6.07. The molecule has 6 heteroatoms. The Morgan fingerprint density at radius 1 is 1.04 bits per heavy atom. The third kappa shape index (κ3) is 2.94. The van der Waals surface area contributed by atoms with Gasteiger partial charge < -0.3 is 10.3 Å². The molecular weight excluding hydrogens is 338 g/mol. The minimum atomic E-state index is -0.372. The highest BCUT2D eigenvalue weighted by molar-refractivity contribution is 6.30. The van der Waals surface area contributed by atoms with Gasteiger partial charge in [-0.2, -0.15) is 0 Å². The molecule has 0 saturated carbocycles. The number of anilines is 1. The van der Waals surface area contributed by atoms with Crippen molar-refractivity contribution in [3.63, 3.8) is 0 Å². The van der Waals surface area contributed by atoms with Gasteiger partial charge in [0.1, 0.15) is 11.6 Å². The number of benzene rings is 2. The number of carbonyl (C=O) groups is 1. The van der Waals surface area contributed by atoms with E-state index in [4.69, 9.17) is 11.6 Å². The maximum absolute atomic E-state index is 12.8. The van der Waals surface area contributed by atoms with Crippen LogP contribution in [0.1, 0.15) is 23.5 Å². The van der Waals surface area contributed by atoms with E-state index in [0.717, 1.165) is 11.1 Å². The van der Waals surface area contributed by atoms with Gasteiger partial charge in [0.25, 0.3) is 5.56 Å². The van der Waals surface area contributed by atoms with Gasteiger partial charge in [-0.1, -0.05) is 54.1 Å². The molecule has 0 spiro atoms. The topological polar surface area (TPSA) is 74.8 Å². The van der Waals surface area contributed by atoms with Crippen molar-refractivity contribution in [1.82, 2.24) is 9.97 Å². The van der Waals surface area contributed by atoms with Crippen LogP contribution in [0, 0.1) is 0 Å². The molecule has 4 rings (SSSR count). The van der Waals surface area contributed by atoms with Crippen molar-refractivity contribution in [2.24, 2.45) is 0 Å². The van der Waals surface area contributed by atoms with Gasteiger partial charge in [-0.15, -0.1) is 0 Å². The van der Waals surface area contributed by atoms with Crippen LogP contribution < -0.4 is 10.9 Å². The van der Waals surface area contributed by atoms with Crippen molar-refractivity contribution < 1.29 is 4.79 Å². The molecule has 3 aromatic rings. The lowest BCUT2D eigenvalue weighted by atomic mass is 9.87. The van der Waals surface area contributed by atoms with E-state index in [-0.39, 0.29) is 23.8 Å². The second-order valence-corrected chi connectivity index (χ2v) is 6.34. The fourth-order valence-corrected chi connectivity index (χ4v) is 3.31. The van der Waals surface area contributed by atoms with Crippen LogP contribution in [0.2, 0.25) is 5.02 Å². The number of fused-ring (bicyclic) bond motifs is 1. The number of aromatic nitrogens is 2. The van der Waals surface area contributed by atoms with E-state index in [1.54, 1.807) is 12.1 Å². The van der Waals surface area contributed by atoms with E-state index in [1.165, 1.54) is 0 Å². The van der Waals surface area contributed by atoms with Gasteiger partial charge in [0.2, 0.25) is 5.91 Å². The maximum atomic E-state index is 12.8. The molecule has 1 aromatic heterocycles. The summed E-state index contributed by atoms with van der Waals surface area (Å²) in [5.74, 6) is 0.193. The molecule has 25 heavy (non-hydrogen) atoms. The smallest absolute Gasteiger partial charge is 0.257 e. The number of halogens is 1. The summed E-state index contributed by atoms with van der Waals surface area (Å²) in [5, 5.41) is 3.29. The Bertz CT molecular complexity index is 1010. The number of hydrogen-bond donors (Lipinski definition) is 2. The number of hydrogen-bond acceptors (Lipinski definition) is 3. The summed E-state index contributed by atoms with van der Waals surface area (Å²) in [7, 11) is 0. The Morgan fingerprint density at radius 3 is 2.60 bits per heavy atom. The molecule has 1 aliphatic heterocycles. The number of nitrogens with zero attached hydrogens (tertiary/aromatic N) is 1. The molecule has 2 heterocycles. The number of aromatic amines is 1. The van der Waals surface area contributed by atoms with E-state index >= 15 is 0 Å².